The molecule has 0 unspecified atom stereocenters. The van der Waals surface area contributed by atoms with Crippen LogP contribution in [0.4, 0.5) is 5.00 Å². The normalized spacial score (nSPS) is 9.96. The van der Waals surface area contributed by atoms with Crippen molar-refractivity contribution in [2.45, 2.75) is 20.3 Å². The lowest BCUT2D eigenvalue weighted by atomic mass is 10.2. The molecular weight excluding hydrogens is 340 g/mol. The smallest absolute Gasteiger partial charge is 0.341 e. The molecule has 2 rings (SSSR count). The van der Waals surface area contributed by atoms with Crippen LogP contribution in [0.5, 0.6) is 5.75 Å². The van der Waals surface area contributed by atoms with Crippen molar-refractivity contribution in [2.24, 2.45) is 0 Å². The van der Waals surface area contributed by atoms with Gasteiger partial charge in [-0.1, -0.05) is 19.1 Å². The summed E-state index contributed by atoms with van der Waals surface area (Å²) in [5.41, 5.74) is 0.696. The maximum absolute atomic E-state index is 12.2. The summed E-state index contributed by atoms with van der Waals surface area (Å²) < 4.78 is 10.4. The Labute approximate surface area is 150 Å². The molecule has 25 heavy (non-hydrogen) atoms. The molecule has 7 heteroatoms. The molecule has 0 aliphatic heterocycles. The summed E-state index contributed by atoms with van der Waals surface area (Å²) in [6.45, 7) is 3.69. The summed E-state index contributed by atoms with van der Waals surface area (Å²) in [6.07, 6.45) is 0.749. The van der Waals surface area contributed by atoms with E-state index in [9.17, 15) is 9.59 Å². The van der Waals surface area contributed by atoms with Crippen LogP contribution in [0.3, 0.4) is 0 Å². The third-order valence-electron chi connectivity index (χ3n) is 3.25. The SMILES string of the molecule is CCOC(=O)c1cc(CC)sc1NC(=O)COc1ccccc1C#N. The van der Waals surface area contributed by atoms with Gasteiger partial charge >= 0.3 is 5.97 Å². The van der Waals surface area contributed by atoms with Crippen molar-refractivity contribution in [3.63, 3.8) is 0 Å². The van der Waals surface area contributed by atoms with Gasteiger partial charge in [0.1, 0.15) is 16.8 Å². The van der Waals surface area contributed by atoms with Crippen molar-refractivity contribution in [3.05, 3.63) is 46.3 Å². The fraction of sp³-hybridized carbons (Fsp3) is 0.278. The quantitative estimate of drug-likeness (QED) is 0.767. The van der Waals surface area contributed by atoms with Crippen molar-refractivity contribution in [1.29, 1.82) is 5.26 Å². The predicted molar refractivity (Wildman–Crippen MR) is 94.9 cm³/mol. The number of amides is 1. The molecule has 0 aliphatic rings. The van der Waals surface area contributed by atoms with Gasteiger partial charge in [0.25, 0.3) is 5.91 Å². The van der Waals surface area contributed by atoms with Crippen LogP contribution in [0, 0.1) is 11.3 Å². The van der Waals surface area contributed by atoms with Crippen LogP contribution >= 0.6 is 11.3 Å². The number of anilines is 1. The third kappa shape index (κ3) is 4.81. The van der Waals surface area contributed by atoms with Gasteiger partial charge < -0.3 is 14.8 Å². The number of rotatable bonds is 7. The molecule has 6 nitrogen and oxygen atoms in total. The van der Waals surface area contributed by atoms with Gasteiger partial charge in [-0.15, -0.1) is 11.3 Å². The zero-order valence-corrected chi connectivity index (χ0v) is 14.8. The van der Waals surface area contributed by atoms with Crippen molar-refractivity contribution >= 4 is 28.2 Å². The van der Waals surface area contributed by atoms with E-state index in [4.69, 9.17) is 14.7 Å². The van der Waals surface area contributed by atoms with Crippen molar-refractivity contribution in [3.8, 4) is 11.8 Å². The van der Waals surface area contributed by atoms with Gasteiger partial charge in [-0.3, -0.25) is 4.79 Å². The second-order valence-electron chi connectivity index (χ2n) is 4.97. The summed E-state index contributed by atoms with van der Waals surface area (Å²) in [6, 6.07) is 10.4. The Morgan fingerprint density at radius 2 is 2.04 bits per heavy atom. The van der Waals surface area contributed by atoms with Crippen molar-refractivity contribution < 1.29 is 19.1 Å². The zero-order valence-electron chi connectivity index (χ0n) is 14.0. The number of carbonyl (C=O) groups is 2. The molecule has 130 valence electrons. The summed E-state index contributed by atoms with van der Waals surface area (Å²) in [5, 5.41) is 12.1. The first-order chi connectivity index (χ1) is 12.1. The first-order valence-electron chi connectivity index (χ1n) is 7.80. The van der Waals surface area contributed by atoms with E-state index < -0.39 is 11.9 Å². The lowest BCUT2D eigenvalue weighted by Gasteiger charge is -2.08. The number of nitrogens with one attached hydrogen (secondary N) is 1. The predicted octanol–water partition coefficient (Wildman–Crippen LogP) is 3.38. The lowest BCUT2D eigenvalue weighted by molar-refractivity contribution is -0.118. The summed E-state index contributed by atoms with van der Waals surface area (Å²) in [5.74, 6) is -0.543. The number of hydrogen-bond acceptors (Lipinski definition) is 6. The maximum atomic E-state index is 12.2. The highest BCUT2D eigenvalue weighted by Gasteiger charge is 2.19. The minimum absolute atomic E-state index is 0.261. The Kier molecular flexibility index (Phi) is 6.54. The fourth-order valence-corrected chi connectivity index (χ4v) is 3.06. The number of ether oxygens (including phenoxy) is 2. The number of nitriles is 1. The molecule has 1 amide bonds. The van der Waals surface area contributed by atoms with Crippen LogP contribution in [0.25, 0.3) is 0 Å². The summed E-state index contributed by atoms with van der Waals surface area (Å²) in [7, 11) is 0. The number of para-hydroxylation sites is 1. The minimum atomic E-state index is -0.468. The number of nitrogens with zero attached hydrogens (tertiary/aromatic N) is 1. The fourth-order valence-electron chi connectivity index (χ4n) is 2.06. The van der Waals surface area contributed by atoms with Crippen molar-refractivity contribution in [2.75, 3.05) is 18.5 Å². The molecule has 1 aromatic heterocycles. The molecule has 0 radical (unpaired) electrons. The van der Waals surface area contributed by atoms with Crippen LogP contribution in [-0.4, -0.2) is 25.1 Å². The topological polar surface area (TPSA) is 88.4 Å². The molecular formula is C18H18N2O4S. The zero-order chi connectivity index (χ0) is 18.2. The highest BCUT2D eigenvalue weighted by molar-refractivity contribution is 7.16. The molecule has 0 atom stereocenters. The number of hydrogen-bond donors (Lipinski definition) is 1. The molecule has 0 bridgehead atoms. The summed E-state index contributed by atoms with van der Waals surface area (Å²) in [4.78, 5) is 25.1. The maximum Gasteiger partial charge on any atom is 0.341 e. The van der Waals surface area contributed by atoms with E-state index in [0.717, 1.165) is 11.3 Å². The minimum Gasteiger partial charge on any atom is -0.482 e. The average Bonchev–Trinajstić information content (AvgIpc) is 3.03. The van der Waals surface area contributed by atoms with E-state index in [1.165, 1.54) is 11.3 Å². The second-order valence-corrected chi connectivity index (χ2v) is 6.11. The first-order valence-corrected chi connectivity index (χ1v) is 8.62. The van der Waals surface area contributed by atoms with Crippen LogP contribution in [0.2, 0.25) is 0 Å². The van der Waals surface area contributed by atoms with Gasteiger partial charge in [0.15, 0.2) is 6.61 Å². The third-order valence-corrected chi connectivity index (χ3v) is 4.44. The van der Waals surface area contributed by atoms with Gasteiger partial charge in [-0.2, -0.15) is 5.26 Å². The van der Waals surface area contributed by atoms with Crippen LogP contribution in [0.15, 0.2) is 30.3 Å². The number of thiophene rings is 1. The van der Waals surface area contributed by atoms with Crippen LogP contribution in [-0.2, 0) is 16.0 Å². The molecule has 1 heterocycles. The summed E-state index contributed by atoms with van der Waals surface area (Å²) >= 11 is 1.33. The highest BCUT2D eigenvalue weighted by Crippen LogP contribution is 2.29. The number of benzene rings is 1. The van der Waals surface area contributed by atoms with Gasteiger partial charge in [0.05, 0.1) is 17.7 Å². The van der Waals surface area contributed by atoms with Gasteiger partial charge in [0, 0.05) is 4.88 Å². The molecule has 0 spiro atoms. The number of aryl methyl sites for hydroxylation is 1. The first kappa shape index (κ1) is 18.5. The monoisotopic (exact) mass is 358 g/mol. The van der Waals surface area contributed by atoms with Gasteiger partial charge in [-0.25, -0.2) is 4.79 Å². The standard InChI is InChI=1S/C18H18N2O4S/c1-3-13-9-14(18(22)23-4-2)17(25-13)20-16(21)11-24-15-8-6-5-7-12(15)10-19/h5-9H,3-4,11H2,1-2H3,(H,20,21). The van der Waals surface area contributed by atoms with Crippen LogP contribution < -0.4 is 10.1 Å². The molecule has 0 aliphatic carbocycles. The molecule has 0 fully saturated rings. The Balaban J connectivity index is 2.06. The Morgan fingerprint density at radius 1 is 1.28 bits per heavy atom. The lowest BCUT2D eigenvalue weighted by Crippen LogP contribution is -2.21. The van der Waals surface area contributed by atoms with Gasteiger partial charge in [0.2, 0.25) is 0 Å². The number of carbonyl (C=O) groups excluding carboxylic acids is 2. The van der Waals surface area contributed by atoms with Crippen molar-refractivity contribution in [1.82, 2.24) is 0 Å². The Bertz CT molecular complexity index is 808. The Hall–Kier alpha value is -2.85. The van der Waals surface area contributed by atoms with Gasteiger partial charge in [-0.05, 0) is 31.5 Å². The highest BCUT2D eigenvalue weighted by atomic mass is 32.1. The average molecular weight is 358 g/mol. The van der Waals surface area contributed by atoms with E-state index in [2.05, 4.69) is 5.32 Å². The molecule has 0 saturated heterocycles. The van der Waals surface area contributed by atoms with E-state index in [-0.39, 0.29) is 13.2 Å². The number of esters is 1. The van der Waals surface area contributed by atoms with E-state index in [1.807, 2.05) is 13.0 Å². The molecule has 1 N–H and O–H groups in total. The van der Waals surface area contributed by atoms with E-state index >= 15 is 0 Å². The largest absolute Gasteiger partial charge is 0.482 e. The van der Waals surface area contributed by atoms with Crippen LogP contribution in [0.1, 0.15) is 34.6 Å². The molecule has 1 aromatic carbocycles. The van der Waals surface area contributed by atoms with E-state index in [1.54, 1.807) is 37.3 Å². The second kappa shape index (κ2) is 8.85. The van der Waals surface area contributed by atoms with E-state index in [0.29, 0.717) is 21.9 Å². The molecule has 2 aromatic rings. The molecule has 0 saturated carbocycles. The Morgan fingerprint density at radius 3 is 2.72 bits per heavy atom.